The highest BCUT2D eigenvalue weighted by Crippen LogP contribution is 2.24. The minimum absolute atomic E-state index is 0.0808. The summed E-state index contributed by atoms with van der Waals surface area (Å²) in [6.07, 6.45) is 7.36. The van der Waals surface area contributed by atoms with Crippen LogP contribution in [0.25, 0.3) is 0 Å². The Balaban J connectivity index is 1.52. The molecule has 1 aromatic carbocycles. The smallest absolute Gasteiger partial charge is 0.315 e. The molecule has 1 aromatic heterocycles. The van der Waals surface area contributed by atoms with Crippen LogP contribution in [0, 0.1) is 0 Å². The zero-order valence-electron chi connectivity index (χ0n) is 14.8. The fraction of sp³-hybridized carbons (Fsp3) is 0.474. The number of benzene rings is 1. The number of amides is 2. The van der Waals surface area contributed by atoms with E-state index in [1.54, 1.807) is 24.1 Å². The van der Waals surface area contributed by atoms with Crippen molar-refractivity contribution in [2.45, 2.75) is 44.8 Å². The third-order valence-electron chi connectivity index (χ3n) is 4.79. The molecule has 1 heterocycles. The minimum atomic E-state index is -0.765. The van der Waals surface area contributed by atoms with Gasteiger partial charge in [-0.3, -0.25) is 4.68 Å². The molecule has 0 radical (unpaired) electrons. The standard InChI is InChI=1S/C19H26N4O2/c1-13(15-8-7-14-5-3-4-6-16(14)9-15)22-19(25)20-11-18(24)17-10-21-23(2)12-17/h7-10,12-13,18,24H,3-6,11H2,1-2H3,(H2,20,22,25)/t13-,18-/m1/s1. The predicted octanol–water partition coefficient (Wildman–Crippen LogP) is 2.39. The van der Waals surface area contributed by atoms with Gasteiger partial charge in [-0.25, -0.2) is 4.79 Å². The van der Waals surface area contributed by atoms with Crippen LogP contribution in [0.3, 0.4) is 0 Å². The number of fused-ring (bicyclic) bond motifs is 1. The van der Waals surface area contributed by atoms with E-state index in [4.69, 9.17) is 0 Å². The summed E-state index contributed by atoms with van der Waals surface area (Å²) in [5, 5.41) is 19.7. The molecule has 1 aliphatic carbocycles. The maximum absolute atomic E-state index is 12.1. The van der Waals surface area contributed by atoms with Crippen LogP contribution in [-0.2, 0) is 19.9 Å². The van der Waals surface area contributed by atoms with Gasteiger partial charge in [0.25, 0.3) is 0 Å². The van der Waals surface area contributed by atoms with E-state index in [9.17, 15) is 9.90 Å². The molecular weight excluding hydrogens is 316 g/mol. The summed E-state index contributed by atoms with van der Waals surface area (Å²) in [4.78, 5) is 12.1. The molecule has 134 valence electrons. The van der Waals surface area contributed by atoms with Crippen LogP contribution in [0.4, 0.5) is 4.79 Å². The molecule has 0 saturated heterocycles. The average Bonchev–Trinajstić information content (AvgIpc) is 3.05. The Kier molecular flexibility index (Phi) is 5.38. The highest BCUT2D eigenvalue weighted by Gasteiger charge is 2.15. The first kappa shape index (κ1) is 17.5. The molecule has 2 amide bonds. The van der Waals surface area contributed by atoms with E-state index >= 15 is 0 Å². The number of carbonyl (C=O) groups is 1. The van der Waals surface area contributed by atoms with Crippen LogP contribution >= 0.6 is 0 Å². The topological polar surface area (TPSA) is 79.2 Å². The molecule has 0 saturated carbocycles. The summed E-state index contributed by atoms with van der Waals surface area (Å²) in [5.74, 6) is 0. The van der Waals surface area contributed by atoms with Crippen molar-refractivity contribution in [3.05, 3.63) is 52.8 Å². The molecule has 0 aliphatic heterocycles. The zero-order chi connectivity index (χ0) is 17.8. The number of rotatable bonds is 5. The molecule has 2 atom stereocenters. The highest BCUT2D eigenvalue weighted by molar-refractivity contribution is 5.74. The van der Waals surface area contributed by atoms with E-state index in [-0.39, 0.29) is 18.6 Å². The Morgan fingerprint density at radius 2 is 2.04 bits per heavy atom. The number of nitrogens with one attached hydrogen (secondary N) is 2. The van der Waals surface area contributed by atoms with E-state index < -0.39 is 6.10 Å². The predicted molar refractivity (Wildman–Crippen MR) is 96.2 cm³/mol. The Labute approximate surface area is 148 Å². The number of nitrogens with zero attached hydrogens (tertiary/aromatic N) is 2. The van der Waals surface area contributed by atoms with Crippen molar-refractivity contribution in [1.82, 2.24) is 20.4 Å². The number of hydrogen-bond donors (Lipinski definition) is 3. The summed E-state index contributed by atoms with van der Waals surface area (Å²) in [7, 11) is 1.79. The third kappa shape index (κ3) is 4.39. The second-order valence-electron chi connectivity index (χ2n) is 6.77. The molecule has 3 rings (SSSR count). The van der Waals surface area contributed by atoms with Gasteiger partial charge in [0, 0.05) is 25.4 Å². The van der Waals surface area contributed by atoms with Crippen LogP contribution in [0.1, 0.15) is 54.2 Å². The van der Waals surface area contributed by atoms with Gasteiger partial charge in [0.05, 0.1) is 18.3 Å². The minimum Gasteiger partial charge on any atom is -0.386 e. The molecule has 6 nitrogen and oxygen atoms in total. The quantitative estimate of drug-likeness (QED) is 0.781. The molecule has 1 aliphatic rings. The number of aliphatic hydroxyl groups excluding tert-OH is 1. The Bertz CT molecular complexity index is 741. The largest absolute Gasteiger partial charge is 0.386 e. The maximum Gasteiger partial charge on any atom is 0.315 e. The summed E-state index contributed by atoms with van der Waals surface area (Å²) in [6.45, 7) is 2.12. The van der Waals surface area contributed by atoms with Crippen LogP contribution in [0.5, 0.6) is 0 Å². The fourth-order valence-electron chi connectivity index (χ4n) is 3.27. The molecule has 25 heavy (non-hydrogen) atoms. The summed E-state index contributed by atoms with van der Waals surface area (Å²) in [6, 6.07) is 6.13. The molecular formula is C19H26N4O2. The third-order valence-corrected chi connectivity index (χ3v) is 4.79. The SMILES string of the molecule is C[C@@H](NC(=O)NC[C@@H](O)c1cnn(C)c1)c1ccc2c(c1)CCCC2. The Morgan fingerprint density at radius 3 is 2.76 bits per heavy atom. The molecule has 0 unspecified atom stereocenters. The van der Waals surface area contributed by atoms with Gasteiger partial charge in [0.15, 0.2) is 0 Å². The lowest BCUT2D eigenvalue weighted by Crippen LogP contribution is -2.39. The Hall–Kier alpha value is -2.34. The van der Waals surface area contributed by atoms with Crippen molar-refractivity contribution in [2.24, 2.45) is 7.05 Å². The monoisotopic (exact) mass is 342 g/mol. The van der Waals surface area contributed by atoms with Crippen LogP contribution in [0.2, 0.25) is 0 Å². The van der Waals surface area contributed by atoms with Gasteiger partial charge in [-0.2, -0.15) is 5.10 Å². The van der Waals surface area contributed by atoms with Gasteiger partial charge in [0.2, 0.25) is 0 Å². The van der Waals surface area contributed by atoms with Crippen LogP contribution in [-0.4, -0.2) is 27.5 Å². The molecule has 3 N–H and O–H groups in total. The second kappa shape index (κ2) is 7.70. The maximum atomic E-state index is 12.1. The van der Waals surface area contributed by atoms with E-state index in [0.29, 0.717) is 5.56 Å². The van der Waals surface area contributed by atoms with E-state index in [0.717, 1.165) is 18.4 Å². The number of aromatic nitrogens is 2. The Morgan fingerprint density at radius 1 is 1.28 bits per heavy atom. The van der Waals surface area contributed by atoms with Gasteiger partial charge >= 0.3 is 6.03 Å². The first-order chi connectivity index (χ1) is 12.0. The van der Waals surface area contributed by atoms with Crippen molar-refractivity contribution in [2.75, 3.05) is 6.54 Å². The molecule has 2 aromatic rings. The highest BCUT2D eigenvalue weighted by atomic mass is 16.3. The molecule has 6 heteroatoms. The van der Waals surface area contributed by atoms with Crippen molar-refractivity contribution >= 4 is 6.03 Å². The van der Waals surface area contributed by atoms with Gasteiger partial charge in [0.1, 0.15) is 0 Å². The fourth-order valence-corrected chi connectivity index (χ4v) is 3.27. The summed E-state index contributed by atoms with van der Waals surface area (Å²) < 4.78 is 1.62. The summed E-state index contributed by atoms with van der Waals surface area (Å²) in [5.41, 5.74) is 4.64. The van der Waals surface area contributed by atoms with E-state index in [2.05, 4.69) is 33.9 Å². The van der Waals surface area contributed by atoms with Gasteiger partial charge < -0.3 is 15.7 Å². The zero-order valence-corrected chi connectivity index (χ0v) is 14.8. The average molecular weight is 342 g/mol. The lowest BCUT2D eigenvalue weighted by molar-refractivity contribution is 0.172. The van der Waals surface area contributed by atoms with Crippen molar-refractivity contribution < 1.29 is 9.90 Å². The van der Waals surface area contributed by atoms with Crippen molar-refractivity contribution in [3.8, 4) is 0 Å². The van der Waals surface area contributed by atoms with Crippen LogP contribution in [0.15, 0.2) is 30.6 Å². The number of carbonyl (C=O) groups excluding carboxylic acids is 1. The molecule has 0 fully saturated rings. The lowest BCUT2D eigenvalue weighted by atomic mass is 9.89. The van der Waals surface area contributed by atoms with Crippen molar-refractivity contribution in [3.63, 3.8) is 0 Å². The first-order valence-electron chi connectivity index (χ1n) is 8.85. The number of hydrogen-bond acceptors (Lipinski definition) is 3. The summed E-state index contributed by atoms with van der Waals surface area (Å²) >= 11 is 0. The molecule has 0 spiro atoms. The van der Waals surface area contributed by atoms with E-state index in [1.165, 1.54) is 24.0 Å². The number of urea groups is 1. The molecule has 0 bridgehead atoms. The van der Waals surface area contributed by atoms with Gasteiger partial charge in [-0.15, -0.1) is 0 Å². The number of aliphatic hydroxyl groups is 1. The normalized spacial score (nSPS) is 16.0. The van der Waals surface area contributed by atoms with Gasteiger partial charge in [-0.1, -0.05) is 18.2 Å². The van der Waals surface area contributed by atoms with Gasteiger partial charge in [-0.05, 0) is 49.3 Å². The first-order valence-corrected chi connectivity index (χ1v) is 8.85. The lowest BCUT2D eigenvalue weighted by Gasteiger charge is -2.20. The van der Waals surface area contributed by atoms with E-state index in [1.807, 2.05) is 6.92 Å². The van der Waals surface area contributed by atoms with Crippen molar-refractivity contribution in [1.29, 1.82) is 0 Å². The van der Waals surface area contributed by atoms with Crippen LogP contribution < -0.4 is 10.6 Å². The second-order valence-corrected chi connectivity index (χ2v) is 6.77. The number of aryl methyl sites for hydroxylation is 3.